The third kappa shape index (κ3) is 4.09. The van der Waals surface area contributed by atoms with Crippen molar-refractivity contribution >= 4 is 0 Å². The zero-order valence-corrected chi connectivity index (χ0v) is 12.1. The molecule has 1 atom stereocenters. The van der Waals surface area contributed by atoms with E-state index < -0.39 is 11.6 Å². The Bertz CT molecular complexity index is 572. The van der Waals surface area contributed by atoms with Gasteiger partial charge >= 0.3 is 0 Å². The predicted octanol–water partition coefficient (Wildman–Crippen LogP) is 3.49. The molecule has 2 N–H and O–H groups in total. The van der Waals surface area contributed by atoms with E-state index >= 15 is 0 Å². The number of rotatable bonds is 6. The number of halogens is 2. The maximum absolute atomic E-state index is 13.4. The van der Waals surface area contributed by atoms with Crippen LogP contribution < -0.4 is 5.73 Å². The Morgan fingerprint density at radius 2 is 1.76 bits per heavy atom. The second-order valence-electron chi connectivity index (χ2n) is 5.09. The van der Waals surface area contributed by atoms with Gasteiger partial charge in [0.1, 0.15) is 0 Å². The van der Waals surface area contributed by atoms with Gasteiger partial charge in [-0.1, -0.05) is 36.4 Å². The van der Waals surface area contributed by atoms with Crippen molar-refractivity contribution in [3.05, 3.63) is 71.3 Å². The summed E-state index contributed by atoms with van der Waals surface area (Å²) in [4.78, 5) is 2.15. The van der Waals surface area contributed by atoms with Crippen molar-refractivity contribution in [1.82, 2.24) is 4.90 Å². The summed E-state index contributed by atoms with van der Waals surface area (Å²) < 4.78 is 26.4. The SMILES string of the molecule is CC(c1ccc(F)c(F)c1)N(CCN)Cc1ccccc1. The molecule has 2 aromatic carbocycles. The van der Waals surface area contributed by atoms with Gasteiger partial charge in [-0.2, -0.15) is 0 Å². The van der Waals surface area contributed by atoms with Gasteiger partial charge in [-0.05, 0) is 30.2 Å². The number of nitrogens with zero attached hydrogens (tertiary/aromatic N) is 1. The van der Waals surface area contributed by atoms with Crippen LogP contribution in [0.4, 0.5) is 8.78 Å². The third-order valence-corrected chi connectivity index (χ3v) is 3.62. The molecular formula is C17H20F2N2. The summed E-state index contributed by atoms with van der Waals surface area (Å²) in [7, 11) is 0. The molecule has 4 heteroatoms. The highest BCUT2D eigenvalue weighted by molar-refractivity contribution is 5.22. The van der Waals surface area contributed by atoms with Crippen LogP contribution >= 0.6 is 0 Å². The van der Waals surface area contributed by atoms with Crippen LogP contribution in [-0.2, 0) is 6.54 Å². The summed E-state index contributed by atoms with van der Waals surface area (Å²) in [6.45, 7) is 3.90. The van der Waals surface area contributed by atoms with Gasteiger partial charge in [-0.3, -0.25) is 4.90 Å². The molecule has 0 aliphatic carbocycles. The first-order chi connectivity index (χ1) is 10.1. The standard InChI is InChI=1S/C17H20F2N2/c1-13(15-7-8-16(18)17(19)11-15)21(10-9-20)12-14-5-3-2-4-6-14/h2-8,11,13H,9-10,12,20H2,1H3. The van der Waals surface area contributed by atoms with Crippen LogP contribution in [0, 0.1) is 11.6 Å². The number of hydrogen-bond donors (Lipinski definition) is 1. The molecule has 0 heterocycles. The molecule has 0 fully saturated rings. The van der Waals surface area contributed by atoms with Crippen LogP contribution in [0.1, 0.15) is 24.1 Å². The first kappa shape index (κ1) is 15.6. The van der Waals surface area contributed by atoms with E-state index in [4.69, 9.17) is 5.73 Å². The van der Waals surface area contributed by atoms with E-state index in [1.165, 1.54) is 17.7 Å². The van der Waals surface area contributed by atoms with Gasteiger partial charge < -0.3 is 5.73 Å². The van der Waals surface area contributed by atoms with E-state index in [1.54, 1.807) is 6.07 Å². The maximum Gasteiger partial charge on any atom is 0.159 e. The zero-order valence-electron chi connectivity index (χ0n) is 12.1. The first-order valence-corrected chi connectivity index (χ1v) is 7.05. The van der Waals surface area contributed by atoms with E-state index in [9.17, 15) is 8.78 Å². The van der Waals surface area contributed by atoms with Gasteiger partial charge in [0.05, 0.1) is 0 Å². The van der Waals surface area contributed by atoms with Crippen LogP contribution in [0.2, 0.25) is 0 Å². The fourth-order valence-corrected chi connectivity index (χ4v) is 2.38. The van der Waals surface area contributed by atoms with Crippen LogP contribution in [0.3, 0.4) is 0 Å². The molecule has 0 spiro atoms. The molecule has 0 aliphatic heterocycles. The quantitative estimate of drug-likeness (QED) is 0.882. The summed E-state index contributed by atoms with van der Waals surface area (Å²) in [6.07, 6.45) is 0. The van der Waals surface area contributed by atoms with Gasteiger partial charge in [-0.15, -0.1) is 0 Å². The molecule has 2 rings (SSSR count). The fourth-order valence-electron chi connectivity index (χ4n) is 2.38. The lowest BCUT2D eigenvalue weighted by Crippen LogP contribution is -2.31. The zero-order chi connectivity index (χ0) is 15.2. The molecule has 1 unspecified atom stereocenters. The van der Waals surface area contributed by atoms with E-state index in [2.05, 4.69) is 4.90 Å². The van der Waals surface area contributed by atoms with Crippen LogP contribution in [-0.4, -0.2) is 18.0 Å². The number of nitrogens with two attached hydrogens (primary N) is 1. The summed E-state index contributed by atoms with van der Waals surface area (Å²) in [5.41, 5.74) is 7.59. The highest BCUT2D eigenvalue weighted by Gasteiger charge is 2.17. The second-order valence-corrected chi connectivity index (χ2v) is 5.09. The normalized spacial score (nSPS) is 12.6. The van der Waals surface area contributed by atoms with Crippen molar-refractivity contribution < 1.29 is 8.78 Å². The Balaban J connectivity index is 2.18. The lowest BCUT2D eigenvalue weighted by Gasteiger charge is -2.29. The summed E-state index contributed by atoms with van der Waals surface area (Å²) in [5.74, 6) is -1.63. The maximum atomic E-state index is 13.4. The summed E-state index contributed by atoms with van der Waals surface area (Å²) >= 11 is 0. The van der Waals surface area contributed by atoms with Gasteiger partial charge in [0.25, 0.3) is 0 Å². The van der Waals surface area contributed by atoms with E-state index in [0.717, 1.165) is 12.1 Å². The van der Waals surface area contributed by atoms with Gasteiger partial charge in [0.2, 0.25) is 0 Å². The molecule has 21 heavy (non-hydrogen) atoms. The molecule has 2 aromatic rings. The van der Waals surface area contributed by atoms with Crippen molar-refractivity contribution in [2.75, 3.05) is 13.1 Å². The van der Waals surface area contributed by atoms with Crippen molar-refractivity contribution in [2.45, 2.75) is 19.5 Å². The summed E-state index contributed by atoms with van der Waals surface area (Å²) in [6, 6.07) is 14.0. The lowest BCUT2D eigenvalue weighted by molar-refractivity contribution is 0.207. The largest absolute Gasteiger partial charge is 0.329 e. The van der Waals surface area contributed by atoms with E-state index in [-0.39, 0.29) is 6.04 Å². The minimum absolute atomic E-state index is 0.0381. The smallest absolute Gasteiger partial charge is 0.159 e. The molecule has 0 aromatic heterocycles. The molecule has 0 radical (unpaired) electrons. The predicted molar refractivity (Wildman–Crippen MR) is 80.7 cm³/mol. The van der Waals surface area contributed by atoms with Gasteiger partial charge in [0, 0.05) is 25.7 Å². The lowest BCUT2D eigenvalue weighted by atomic mass is 10.1. The van der Waals surface area contributed by atoms with Crippen molar-refractivity contribution in [3.63, 3.8) is 0 Å². The summed E-state index contributed by atoms with van der Waals surface area (Å²) in [5, 5.41) is 0. The van der Waals surface area contributed by atoms with Crippen molar-refractivity contribution in [1.29, 1.82) is 0 Å². The Morgan fingerprint density at radius 3 is 2.38 bits per heavy atom. The minimum Gasteiger partial charge on any atom is -0.329 e. The molecule has 0 aliphatic rings. The average molecular weight is 290 g/mol. The van der Waals surface area contributed by atoms with Crippen molar-refractivity contribution in [3.8, 4) is 0 Å². The van der Waals surface area contributed by atoms with Crippen molar-refractivity contribution in [2.24, 2.45) is 5.73 Å². The highest BCUT2D eigenvalue weighted by atomic mass is 19.2. The molecule has 0 saturated heterocycles. The Labute approximate surface area is 124 Å². The van der Waals surface area contributed by atoms with Crippen LogP contribution in [0.15, 0.2) is 48.5 Å². The number of benzene rings is 2. The van der Waals surface area contributed by atoms with Crippen LogP contribution in [0.25, 0.3) is 0 Å². The van der Waals surface area contributed by atoms with Crippen LogP contribution in [0.5, 0.6) is 0 Å². The first-order valence-electron chi connectivity index (χ1n) is 7.05. The topological polar surface area (TPSA) is 29.3 Å². The number of hydrogen-bond acceptors (Lipinski definition) is 2. The molecule has 2 nitrogen and oxygen atoms in total. The third-order valence-electron chi connectivity index (χ3n) is 3.62. The molecule has 112 valence electrons. The molecule has 0 saturated carbocycles. The molecule has 0 bridgehead atoms. The average Bonchev–Trinajstić information content (AvgIpc) is 2.50. The molecular weight excluding hydrogens is 270 g/mol. The monoisotopic (exact) mass is 290 g/mol. The van der Waals surface area contributed by atoms with E-state index in [0.29, 0.717) is 13.1 Å². The Morgan fingerprint density at radius 1 is 1.05 bits per heavy atom. The fraction of sp³-hybridized carbons (Fsp3) is 0.294. The second kappa shape index (κ2) is 7.29. The highest BCUT2D eigenvalue weighted by Crippen LogP contribution is 2.23. The Kier molecular flexibility index (Phi) is 5.42. The molecule has 0 amide bonds. The van der Waals surface area contributed by atoms with Gasteiger partial charge in [-0.25, -0.2) is 8.78 Å². The minimum atomic E-state index is -0.820. The van der Waals surface area contributed by atoms with Gasteiger partial charge in [0.15, 0.2) is 11.6 Å². The van der Waals surface area contributed by atoms with E-state index in [1.807, 2.05) is 37.3 Å². The Hall–Kier alpha value is -1.78.